The molecule has 0 bridgehead atoms. The van der Waals surface area contributed by atoms with Crippen LogP contribution >= 0.6 is 0 Å². The van der Waals surface area contributed by atoms with Crippen LogP contribution in [-0.2, 0) is 0 Å². The standard InChI is InChI=1S/C12H17FN2/c1-8(14)6-9-7-15(2)12-10(9)4-3-5-11(12)13/h3-5,8-9H,6-7,14H2,1-2H3. The number of para-hydroxylation sites is 1. The molecule has 1 aliphatic heterocycles. The Balaban J connectivity index is 2.34. The minimum absolute atomic E-state index is 0.123. The number of nitrogens with two attached hydrogens (primary N) is 1. The molecule has 2 atom stereocenters. The number of halogens is 1. The van der Waals surface area contributed by atoms with Crippen LogP contribution in [0.25, 0.3) is 0 Å². The minimum atomic E-state index is -0.123. The van der Waals surface area contributed by atoms with Crippen LogP contribution in [0.4, 0.5) is 10.1 Å². The maximum absolute atomic E-state index is 13.6. The first-order chi connectivity index (χ1) is 7.09. The second-order valence-electron chi connectivity index (χ2n) is 4.47. The molecule has 0 saturated heterocycles. The molecule has 3 heteroatoms. The molecule has 1 aromatic carbocycles. The number of hydrogen-bond donors (Lipinski definition) is 1. The SMILES string of the molecule is CC(N)CC1CN(C)c2c(F)cccc21. The molecular formula is C12H17FN2. The molecule has 1 heterocycles. The minimum Gasteiger partial charge on any atom is -0.371 e. The van der Waals surface area contributed by atoms with Gasteiger partial charge in [0.05, 0.1) is 5.69 Å². The first-order valence-corrected chi connectivity index (χ1v) is 5.34. The zero-order chi connectivity index (χ0) is 11.0. The van der Waals surface area contributed by atoms with Crippen molar-refractivity contribution in [1.82, 2.24) is 0 Å². The topological polar surface area (TPSA) is 29.3 Å². The van der Waals surface area contributed by atoms with E-state index in [0.29, 0.717) is 5.92 Å². The van der Waals surface area contributed by atoms with E-state index in [1.165, 1.54) is 6.07 Å². The van der Waals surface area contributed by atoms with E-state index < -0.39 is 0 Å². The van der Waals surface area contributed by atoms with Crippen LogP contribution in [0, 0.1) is 5.82 Å². The van der Waals surface area contributed by atoms with Crippen molar-refractivity contribution in [1.29, 1.82) is 0 Å². The number of anilines is 1. The van der Waals surface area contributed by atoms with E-state index in [9.17, 15) is 4.39 Å². The Kier molecular flexibility index (Phi) is 2.65. The number of rotatable bonds is 2. The molecule has 2 nitrogen and oxygen atoms in total. The number of hydrogen-bond acceptors (Lipinski definition) is 2. The van der Waals surface area contributed by atoms with E-state index in [2.05, 4.69) is 0 Å². The van der Waals surface area contributed by atoms with Crippen LogP contribution in [0.3, 0.4) is 0 Å². The number of likely N-dealkylation sites (N-methyl/N-ethyl adjacent to an activating group) is 1. The Morgan fingerprint density at radius 2 is 2.33 bits per heavy atom. The zero-order valence-electron chi connectivity index (χ0n) is 9.20. The van der Waals surface area contributed by atoms with Crippen molar-refractivity contribution in [2.45, 2.75) is 25.3 Å². The van der Waals surface area contributed by atoms with Gasteiger partial charge in [0, 0.05) is 25.6 Å². The average molecular weight is 208 g/mol. The highest BCUT2D eigenvalue weighted by Gasteiger charge is 2.28. The molecule has 0 spiro atoms. The summed E-state index contributed by atoms with van der Waals surface area (Å²) in [6.45, 7) is 2.87. The average Bonchev–Trinajstić information content (AvgIpc) is 2.44. The van der Waals surface area contributed by atoms with Gasteiger partial charge in [-0.15, -0.1) is 0 Å². The Labute approximate surface area is 89.9 Å². The van der Waals surface area contributed by atoms with Gasteiger partial charge in [-0.05, 0) is 25.0 Å². The summed E-state index contributed by atoms with van der Waals surface area (Å²) >= 11 is 0. The third-order valence-electron chi connectivity index (χ3n) is 2.99. The van der Waals surface area contributed by atoms with Crippen LogP contribution in [-0.4, -0.2) is 19.6 Å². The summed E-state index contributed by atoms with van der Waals surface area (Å²) < 4.78 is 13.6. The summed E-state index contributed by atoms with van der Waals surface area (Å²) in [4.78, 5) is 1.98. The van der Waals surface area contributed by atoms with Crippen molar-refractivity contribution < 1.29 is 4.39 Å². The van der Waals surface area contributed by atoms with Crippen molar-refractivity contribution in [2.75, 3.05) is 18.5 Å². The molecule has 2 N–H and O–H groups in total. The third-order valence-corrected chi connectivity index (χ3v) is 2.99. The lowest BCUT2D eigenvalue weighted by atomic mass is 9.95. The van der Waals surface area contributed by atoms with Crippen molar-refractivity contribution in [3.8, 4) is 0 Å². The van der Waals surface area contributed by atoms with Gasteiger partial charge in [0.25, 0.3) is 0 Å². The van der Waals surface area contributed by atoms with Gasteiger partial charge in [-0.2, -0.15) is 0 Å². The van der Waals surface area contributed by atoms with Gasteiger partial charge in [-0.25, -0.2) is 4.39 Å². The monoisotopic (exact) mass is 208 g/mol. The quantitative estimate of drug-likeness (QED) is 0.806. The van der Waals surface area contributed by atoms with Gasteiger partial charge in [0.15, 0.2) is 0 Å². The molecule has 2 rings (SSSR count). The van der Waals surface area contributed by atoms with Crippen molar-refractivity contribution in [2.24, 2.45) is 5.73 Å². The van der Waals surface area contributed by atoms with E-state index in [4.69, 9.17) is 5.73 Å². The summed E-state index contributed by atoms with van der Waals surface area (Å²) in [6.07, 6.45) is 0.917. The van der Waals surface area contributed by atoms with Gasteiger partial charge in [-0.1, -0.05) is 12.1 Å². The number of fused-ring (bicyclic) bond motifs is 1. The molecule has 15 heavy (non-hydrogen) atoms. The van der Waals surface area contributed by atoms with Crippen LogP contribution < -0.4 is 10.6 Å². The fourth-order valence-corrected chi connectivity index (χ4v) is 2.43. The van der Waals surface area contributed by atoms with Crippen molar-refractivity contribution >= 4 is 5.69 Å². The second kappa shape index (κ2) is 3.81. The molecule has 0 saturated carbocycles. The van der Waals surface area contributed by atoms with Crippen LogP contribution in [0.1, 0.15) is 24.8 Å². The molecule has 1 aliphatic rings. The summed E-state index contributed by atoms with van der Waals surface area (Å²) in [5.74, 6) is 0.253. The normalized spacial score (nSPS) is 21.6. The smallest absolute Gasteiger partial charge is 0.146 e. The third kappa shape index (κ3) is 1.84. The van der Waals surface area contributed by atoms with Gasteiger partial charge in [0.1, 0.15) is 5.82 Å². The lowest BCUT2D eigenvalue weighted by molar-refractivity contribution is 0.572. The van der Waals surface area contributed by atoms with E-state index in [-0.39, 0.29) is 11.9 Å². The van der Waals surface area contributed by atoms with Crippen LogP contribution in [0.15, 0.2) is 18.2 Å². The number of benzene rings is 1. The molecule has 0 radical (unpaired) electrons. The first kappa shape index (κ1) is 10.4. The molecule has 0 fully saturated rings. The first-order valence-electron chi connectivity index (χ1n) is 5.34. The maximum atomic E-state index is 13.6. The molecule has 0 aliphatic carbocycles. The van der Waals surface area contributed by atoms with E-state index >= 15 is 0 Å². The number of nitrogens with zero attached hydrogens (tertiary/aromatic N) is 1. The van der Waals surface area contributed by atoms with Crippen molar-refractivity contribution in [3.05, 3.63) is 29.6 Å². The van der Waals surface area contributed by atoms with Crippen LogP contribution in [0.2, 0.25) is 0 Å². The summed E-state index contributed by atoms with van der Waals surface area (Å²) in [6, 6.07) is 5.47. The van der Waals surface area contributed by atoms with Gasteiger partial charge in [-0.3, -0.25) is 0 Å². The molecule has 0 amide bonds. The second-order valence-corrected chi connectivity index (χ2v) is 4.47. The summed E-state index contributed by atoms with van der Waals surface area (Å²) in [5.41, 5.74) is 7.66. The Morgan fingerprint density at radius 3 is 3.00 bits per heavy atom. The van der Waals surface area contributed by atoms with E-state index in [1.807, 2.05) is 24.9 Å². The van der Waals surface area contributed by atoms with E-state index in [1.54, 1.807) is 6.07 Å². The highest BCUT2D eigenvalue weighted by atomic mass is 19.1. The highest BCUT2D eigenvalue weighted by Crippen LogP contribution is 2.39. The fourth-order valence-electron chi connectivity index (χ4n) is 2.43. The Hall–Kier alpha value is -1.09. The summed E-state index contributed by atoms with van der Waals surface area (Å²) in [7, 11) is 1.93. The van der Waals surface area contributed by atoms with E-state index in [0.717, 1.165) is 24.2 Å². The lowest BCUT2D eigenvalue weighted by Gasteiger charge is -2.14. The fraction of sp³-hybridized carbons (Fsp3) is 0.500. The predicted molar refractivity (Wildman–Crippen MR) is 60.7 cm³/mol. The molecule has 0 aromatic heterocycles. The lowest BCUT2D eigenvalue weighted by Crippen LogP contribution is -2.22. The molecule has 82 valence electrons. The predicted octanol–water partition coefficient (Wildman–Crippen LogP) is 2.10. The molecule has 1 aromatic rings. The van der Waals surface area contributed by atoms with Gasteiger partial charge < -0.3 is 10.6 Å². The van der Waals surface area contributed by atoms with Gasteiger partial charge in [0.2, 0.25) is 0 Å². The molecule has 2 unspecified atom stereocenters. The Bertz CT molecular complexity index is 363. The molecular weight excluding hydrogens is 191 g/mol. The summed E-state index contributed by atoms with van der Waals surface area (Å²) in [5, 5.41) is 0. The largest absolute Gasteiger partial charge is 0.371 e. The van der Waals surface area contributed by atoms with Crippen LogP contribution in [0.5, 0.6) is 0 Å². The maximum Gasteiger partial charge on any atom is 0.146 e. The zero-order valence-corrected chi connectivity index (χ0v) is 9.20. The highest BCUT2D eigenvalue weighted by molar-refractivity contribution is 5.60. The Morgan fingerprint density at radius 1 is 1.60 bits per heavy atom. The van der Waals surface area contributed by atoms with Gasteiger partial charge >= 0.3 is 0 Å². The van der Waals surface area contributed by atoms with Crippen molar-refractivity contribution in [3.63, 3.8) is 0 Å².